The van der Waals surface area contributed by atoms with Crippen molar-refractivity contribution in [3.63, 3.8) is 0 Å². The molecule has 110 valence electrons. The van der Waals surface area contributed by atoms with Crippen molar-refractivity contribution in [2.45, 2.75) is 0 Å². The van der Waals surface area contributed by atoms with E-state index in [9.17, 15) is 4.79 Å². The minimum Gasteiger partial charge on any atom is -0.298 e. The van der Waals surface area contributed by atoms with E-state index < -0.39 is 0 Å². The van der Waals surface area contributed by atoms with Crippen molar-refractivity contribution < 1.29 is 4.79 Å². The fraction of sp³-hybridized carbons (Fsp3) is 0. The van der Waals surface area contributed by atoms with Gasteiger partial charge >= 0.3 is 0 Å². The molecular weight excluding hydrogens is 387 g/mol. The van der Waals surface area contributed by atoms with Crippen molar-refractivity contribution in [2.24, 2.45) is 0 Å². The van der Waals surface area contributed by atoms with Crippen LogP contribution in [0, 0.1) is 0 Å². The molecule has 3 nitrogen and oxygen atoms in total. The van der Waals surface area contributed by atoms with Gasteiger partial charge < -0.3 is 0 Å². The summed E-state index contributed by atoms with van der Waals surface area (Å²) in [5.74, 6) is 0. The van der Waals surface area contributed by atoms with Crippen LogP contribution in [-0.2, 0) is 0 Å². The average Bonchev–Trinajstić information content (AvgIpc) is 2.85. The highest BCUT2D eigenvalue weighted by atomic mass is 79.9. The molecule has 0 unspecified atom stereocenters. The standard InChI is InChI=1S/C16H9BrCl2N2O/c17-16-12(9-22)15(10-5-7-11(18)8-6-10)20-21(16)14-4-2-1-3-13(14)19/h1-9H. The number of hydrogen-bond donors (Lipinski definition) is 0. The zero-order chi connectivity index (χ0) is 15.7. The second-order valence-electron chi connectivity index (χ2n) is 4.54. The summed E-state index contributed by atoms with van der Waals surface area (Å²) >= 11 is 15.5. The maximum absolute atomic E-state index is 11.5. The molecule has 0 aliphatic carbocycles. The predicted octanol–water partition coefficient (Wildman–Crippen LogP) is 5.42. The number of halogens is 3. The van der Waals surface area contributed by atoms with E-state index in [1.807, 2.05) is 30.3 Å². The number of carbonyl (C=O) groups excluding carboxylic acids is 1. The Hall–Kier alpha value is -1.62. The SMILES string of the molecule is O=Cc1c(-c2ccc(Cl)cc2)nn(-c2ccccc2Cl)c1Br. The molecule has 0 amide bonds. The van der Waals surface area contributed by atoms with Gasteiger partial charge in [-0.15, -0.1) is 0 Å². The molecular formula is C16H9BrCl2N2O. The molecule has 2 aromatic carbocycles. The molecule has 3 rings (SSSR count). The lowest BCUT2D eigenvalue weighted by Gasteiger charge is -2.05. The Morgan fingerprint density at radius 2 is 1.73 bits per heavy atom. The molecule has 0 fully saturated rings. The van der Waals surface area contributed by atoms with Gasteiger partial charge in [0.1, 0.15) is 10.3 Å². The highest BCUT2D eigenvalue weighted by molar-refractivity contribution is 9.10. The third-order valence-corrected chi connectivity index (χ3v) is 4.51. The fourth-order valence-electron chi connectivity index (χ4n) is 2.12. The third kappa shape index (κ3) is 2.70. The Labute approximate surface area is 145 Å². The monoisotopic (exact) mass is 394 g/mol. The molecule has 0 radical (unpaired) electrons. The van der Waals surface area contributed by atoms with Crippen molar-refractivity contribution >= 4 is 45.4 Å². The van der Waals surface area contributed by atoms with Gasteiger partial charge in [0.15, 0.2) is 6.29 Å². The van der Waals surface area contributed by atoms with Gasteiger partial charge in [-0.3, -0.25) is 4.79 Å². The second kappa shape index (κ2) is 6.24. The molecule has 0 aliphatic heterocycles. The van der Waals surface area contributed by atoms with Gasteiger partial charge in [0.05, 0.1) is 16.3 Å². The summed E-state index contributed by atoms with van der Waals surface area (Å²) in [5.41, 5.74) is 2.53. The summed E-state index contributed by atoms with van der Waals surface area (Å²) in [6, 6.07) is 14.5. The number of carbonyl (C=O) groups is 1. The molecule has 22 heavy (non-hydrogen) atoms. The Morgan fingerprint density at radius 3 is 2.36 bits per heavy atom. The second-order valence-corrected chi connectivity index (χ2v) is 6.14. The molecule has 0 aliphatic rings. The molecule has 0 N–H and O–H groups in total. The summed E-state index contributed by atoms with van der Waals surface area (Å²) in [5, 5.41) is 5.70. The van der Waals surface area contributed by atoms with Crippen LogP contribution in [0.5, 0.6) is 0 Å². The highest BCUT2D eigenvalue weighted by Crippen LogP contribution is 2.32. The number of para-hydroxylation sites is 1. The lowest BCUT2D eigenvalue weighted by Crippen LogP contribution is -1.97. The summed E-state index contributed by atoms with van der Waals surface area (Å²) < 4.78 is 2.16. The van der Waals surface area contributed by atoms with E-state index in [-0.39, 0.29) is 0 Å². The average molecular weight is 396 g/mol. The van der Waals surface area contributed by atoms with Crippen molar-refractivity contribution in [2.75, 3.05) is 0 Å². The number of aldehydes is 1. The van der Waals surface area contributed by atoms with Crippen LogP contribution >= 0.6 is 39.1 Å². The lowest BCUT2D eigenvalue weighted by atomic mass is 10.1. The van der Waals surface area contributed by atoms with Gasteiger partial charge in [0.2, 0.25) is 0 Å². The van der Waals surface area contributed by atoms with Crippen LogP contribution in [0.3, 0.4) is 0 Å². The van der Waals surface area contributed by atoms with Gasteiger partial charge in [-0.05, 0) is 40.2 Å². The summed E-state index contributed by atoms with van der Waals surface area (Å²) in [4.78, 5) is 11.5. The molecule has 1 heterocycles. The first-order valence-corrected chi connectivity index (χ1v) is 7.91. The maximum atomic E-state index is 11.5. The van der Waals surface area contributed by atoms with E-state index in [1.54, 1.807) is 22.9 Å². The first-order chi connectivity index (χ1) is 10.6. The maximum Gasteiger partial charge on any atom is 0.155 e. The number of benzene rings is 2. The van der Waals surface area contributed by atoms with E-state index in [0.29, 0.717) is 31.6 Å². The van der Waals surface area contributed by atoms with E-state index in [0.717, 1.165) is 11.8 Å². The van der Waals surface area contributed by atoms with Crippen molar-refractivity contribution in [3.05, 3.63) is 68.7 Å². The number of nitrogens with zero attached hydrogens (tertiary/aromatic N) is 2. The fourth-order valence-corrected chi connectivity index (χ4v) is 3.01. The van der Waals surface area contributed by atoms with Crippen LogP contribution in [0.25, 0.3) is 16.9 Å². The molecule has 0 spiro atoms. The van der Waals surface area contributed by atoms with E-state index in [1.165, 1.54) is 0 Å². The molecule has 6 heteroatoms. The Bertz CT molecular complexity index is 844. The van der Waals surface area contributed by atoms with Crippen LogP contribution < -0.4 is 0 Å². The lowest BCUT2D eigenvalue weighted by molar-refractivity contribution is 0.112. The topological polar surface area (TPSA) is 34.9 Å². The highest BCUT2D eigenvalue weighted by Gasteiger charge is 2.19. The van der Waals surface area contributed by atoms with Crippen LogP contribution in [0.4, 0.5) is 0 Å². The third-order valence-electron chi connectivity index (χ3n) is 3.18. The molecule has 3 aromatic rings. The molecule has 1 aromatic heterocycles. The predicted molar refractivity (Wildman–Crippen MR) is 92.1 cm³/mol. The van der Waals surface area contributed by atoms with Gasteiger partial charge in [0.25, 0.3) is 0 Å². The van der Waals surface area contributed by atoms with Crippen LogP contribution in [0.2, 0.25) is 10.0 Å². The quantitative estimate of drug-likeness (QED) is 0.555. The van der Waals surface area contributed by atoms with E-state index in [2.05, 4.69) is 21.0 Å². The number of hydrogen-bond acceptors (Lipinski definition) is 2. The van der Waals surface area contributed by atoms with Gasteiger partial charge in [-0.25, -0.2) is 4.68 Å². The minimum atomic E-state index is 0.460. The number of rotatable bonds is 3. The van der Waals surface area contributed by atoms with Crippen LogP contribution in [0.1, 0.15) is 10.4 Å². The molecule has 0 saturated carbocycles. The van der Waals surface area contributed by atoms with Crippen LogP contribution in [-0.4, -0.2) is 16.1 Å². The summed E-state index contributed by atoms with van der Waals surface area (Å²) in [6.07, 6.45) is 0.772. The molecule has 0 saturated heterocycles. The van der Waals surface area contributed by atoms with Crippen molar-refractivity contribution in [1.29, 1.82) is 0 Å². The normalized spacial score (nSPS) is 10.7. The summed E-state index contributed by atoms with van der Waals surface area (Å²) in [7, 11) is 0. The van der Waals surface area contributed by atoms with E-state index >= 15 is 0 Å². The Morgan fingerprint density at radius 1 is 1.05 bits per heavy atom. The minimum absolute atomic E-state index is 0.460. The first-order valence-electron chi connectivity index (χ1n) is 6.36. The van der Waals surface area contributed by atoms with Crippen LogP contribution in [0.15, 0.2) is 53.1 Å². The van der Waals surface area contributed by atoms with Gasteiger partial charge in [-0.1, -0.05) is 47.5 Å². The molecule has 0 atom stereocenters. The first kappa shape index (κ1) is 15.3. The van der Waals surface area contributed by atoms with Gasteiger partial charge in [-0.2, -0.15) is 5.10 Å². The zero-order valence-corrected chi connectivity index (χ0v) is 14.2. The summed E-state index contributed by atoms with van der Waals surface area (Å²) in [6.45, 7) is 0. The smallest absolute Gasteiger partial charge is 0.155 e. The largest absolute Gasteiger partial charge is 0.298 e. The van der Waals surface area contributed by atoms with Crippen molar-refractivity contribution in [3.8, 4) is 16.9 Å². The Kier molecular flexibility index (Phi) is 4.34. The Balaban J connectivity index is 2.21. The molecule has 0 bridgehead atoms. The van der Waals surface area contributed by atoms with Crippen molar-refractivity contribution in [1.82, 2.24) is 9.78 Å². The van der Waals surface area contributed by atoms with E-state index in [4.69, 9.17) is 23.2 Å². The van der Waals surface area contributed by atoms with Gasteiger partial charge in [0, 0.05) is 10.6 Å². The zero-order valence-electron chi connectivity index (χ0n) is 11.1. The number of aromatic nitrogens is 2.